The van der Waals surface area contributed by atoms with Crippen LogP contribution in [0, 0.1) is 6.92 Å². The first-order valence-electron chi connectivity index (χ1n) is 5.99. The van der Waals surface area contributed by atoms with Gasteiger partial charge in [-0.25, -0.2) is 0 Å². The van der Waals surface area contributed by atoms with Gasteiger partial charge in [0.2, 0.25) is 0 Å². The number of H-pyrrole nitrogens is 1. The van der Waals surface area contributed by atoms with Crippen molar-refractivity contribution in [3.05, 3.63) is 29.5 Å². The molecule has 2 N–H and O–H groups in total. The van der Waals surface area contributed by atoms with Crippen LogP contribution in [-0.2, 0) is 0 Å². The van der Waals surface area contributed by atoms with Crippen LogP contribution in [0.15, 0.2) is 18.3 Å². The smallest absolute Gasteiger partial charge is 0.0653 e. The van der Waals surface area contributed by atoms with Crippen molar-refractivity contribution in [2.45, 2.75) is 25.7 Å². The molecular weight excluding hydrogens is 198 g/mol. The van der Waals surface area contributed by atoms with Crippen LogP contribution in [0.2, 0.25) is 0 Å². The largest absolute Gasteiger partial charge is 0.317 e. The third-order valence-corrected chi connectivity index (χ3v) is 3.63. The summed E-state index contributed by atoms with van der Waals surface area (Å²) in [5, 5.41) is 12.0. The summed E-state index contributed by atoms with van der Waals surface area (Å²) in [5.41, 5.74) is 4.08. The molecule has 0 amide bonds. The number of hydrogen-bond donors (Lipinski definition) is 2. The minimum atomic E-state index is 0.697. The molecule has 1 saturated heterocycles. The zero-order valence-electron chi connectivity index (χ0n) is 9.59. The van der Waals surface area contributed by atoms with Crippen LogP contribution < -0.4 is 5.32 Å². The summed E-state index contributed by atoms with van der Waals surface area (Å²) < 4.78 is 0. The molecule has 1 fully saturated rings. The molecule has 2 aromatic rings. The van der Waals surface area contributed by atoms with E-state index in [-0.39, 0.29) is 0 Å². The Kier molecular flexibility index (Phi) is 2.40. The fourth-order valence-electron chi connectivity index (χ4n) is 2.80. The van der Waals surface area contributed by atoms with E-state index in [9.17, 15) is 0 Å². The minimum Gasteiger partial charge on any atom is -0.317 e. The molecule has 3 nitrogen and oxygen atoms in total. The Morgan fingerprint density at radius 2 is 2.06 bits per heavy atom. The van der Waals surface area contributed by atoms with Crippen molar-refractivity contribution < 1.29 is 0 Å². The minimum absolute atomic E-state index is 0.697. The van der Waals surface area contributed by atoms with E-state index >= 15 is 0 Å². The lowest BCUT2D eigenvalue weighted by atomic mass is 9.85. The van der Waals surface area contributed by atoms with Gasteiger partial charge in [0.1, 0.15) is 0 Å². The summed E-state index contributed by atoms with van der Waals surface area (Å²) >= 11 is 0. The van der Waals surface area contributed by atoms with Gasteiger partial charge in [-0.05, 0) is 56.0 Å². The number of hydrogen-bond acceptors (Lipinski definition) is 2. The Morgan fingerprint density at radius 1 is 1.25 bits per heavy atom. The quantitative estimate of drug-likeness (QED) is 0.766. The maximum atomic E-state index is 4.16. The number of aromatic amines is 1. The second-order valence-electron chi connectivity index (χ2n) is 4.65. The number of piperidine rings is 1. The molecule has 1 aromatic carbocycles. The molecule has 84 valence electrons. The normalized spacial score (nSPS) is 18.1. The van der Waals surface area contributed by atoms with Gasteiger partial charge in [0, 0.05) is 5.39 Å². The van der Waals surface area contributed by atoms with E-state index < -0.39 is 0 Å². The molecule has 1 aromatic heterocycles. The Bertz CT molecular complexity index is 495. The van der Waals surface area contributed by atoms with Gasteiger partial charge < -0.3 is 5.32 Å². The fraction of sp³-hybridized carbons (Fsp3) is 0.462. The van der Waals surface area contributed by atoms with Gasteiger partial charge in [-0.15, -0.1) is 0 Å². The number of aryl methyl sites for hydroxylation is 1. The van der Waals surface area contributed by atoms with Crippen LogP contribution in [0.25, 0.3) is 10.9 Å². The summed E-state index contributed by atoms with van der Waals surface area (Å²) in [6.07, 6.45) is 4.45. The lowest BCUT2D eigenvalue weighted by Crippen LogP contribution is -2.27. The predicted molar refractivity (Wildman–Crippen MR) is 65.7 cm³/mol. The molecule has 0 spiro atoms. The average molecular weight is 215 g/mol. The number of rotatable bonds is 1. The highest BCUT2D eigenvalue weighted by Crippen LogP contribution is 2.33. The monoisotopic (exact) mass is 215 g/mol. The van der Waals surface area contributed by atoms with Gasteiger partial charge in [0.05, 0.1) is 11.7 Å². The maximum Gasteiger partial charge on any atom is 0.0653 e. The number of benzene rings is 1. The molecule has 3 rings (SSSR count). The second-order valence-corrected chi connectivity index (χ2v) is 4.65. The topological polar surface area (TPSA) is 40.7 Å². The number of nitrogens with zero attached hydrogens (tertiary/aromatic N) is 1. The average Bonchev–Trinajstić information content (AvgIpc) is 2.78. The van der Waals surface area contributed by atoms with Gasteiger partial charge in [-0.3, -0.25) is 5.10 Å². The van der Waals surface area contributed by atoms with Crippen LogP contribution in [0.4, 0.5) is 0 Å². The first-order chi connectivity index (χ1) is 7.86. The zero-order valence-corrected chi connectivity index (χ0v) is 9.59. The summed E-state index contributed by atoms with van der Waals surface area (Å²) in [6.45, 7) is 4.49. The Hall–Kier alpha value is -1.35. The predicted octanol–water partition coefficient (Wildman–Crippen LogP) is 2.34. The second kappa shape index (κ2) is 3.91. The van der Waals surface area contributed by atoms with E-state index in [0.29, 0.717) is 5.92 Å². The fourth-order valence-corrected chi connectivity index (χ4v) is 2.80. The van der Waals surface area contributed by atoms with Crippen molar-refractivity contribution in [1.29, 1.82) is 0 Å². The zero-order chi connectivity index (χ0) is 11.0. The summed E-state index contributed by atoms with van der Waals surface area (Å²) in [5.74, 6) is 0.697. The van der Waals surface area contributed by atoms with Gasteiger partial charge >= 0.3 is 0 Å². The van der Waals surface area contributed by atoms with Crippen molar-refractivity contribution in [2.24, 2.45) is 0 Å². The van der Waals surface area contributed by atoms with Crippen molar-refractivity contribution in [3.8, 4) is 0 Å². The number of aromatic nitrogens is 2. The van der Waals surface area contributed by atoms with Crippen molar-refractivity contribution in [1.82, 2.24) is 15.5 Å². The van der Waals surface area contributed by atoms with E-state index in [0.717, 1.165) is 13.1 Å². The van der Waals surface area contributed by atoms with E-state index in [1.54, 1.807) is 0 Å². The number of nitrogens with one attached hydrogen (secondary N) is 2. The first-order valence-corrected chi connectivity index (χ1v) is 5.99. The lowest BCUT2D eigenvalue weighted by Gasteiger charge is -2.25. The highest BCUT2D eigenvalue weighted by molar-refractivity contribution is 5.83. The standard InChI is InChI=1S/C13H17N3/c1-9-2-3-12-11(8-15-16-12)13(9)10-4-6-14-7-5-10/h2-3,8,10,14H,4-7H2,1H3,(H,15,16). The van der Waals surface area contributed by atoms with E-state index in [1.807, 2.05) is 6.20 Å². The molecule has 1 aliphatic heterocycles. The van der Waals surface area contributed by atoms with E-state index in [2.05, 4.69) is 34.6 Å². The van der Waals surface area contributed by atoms with Gasteiger partial charge in [-0.1, -0.05) is 6.07 Å². The first kappa shape index (κ1) is 9.85. The third-order valence-electron chi connectivity index (χ3n) is 3.63. The van der Waals surface area contributed by atoms with E-state index in [1.165, 1.54) is 34.9 Å². The van der Waals surface area contributed by atoms with E-state index in [4.69, 9.17) is 0 Å². The van der Waals surface area contributed by atoms with Gasteiger partial charge in [0.15, 0.2) is 0 Å². The molecule has 0 atom stereocenters. The SMILES string of the molecule is Cc1ccc2[nH]ncc2c1C1CCNCC1. The Labute approximate surface area is 95.2 Å². The van der Waals surface area contributed by atoms with Crippen LogP contribution >= 0.6 is 0 Å². The van der Waals surface area contributed by atoms with Crippen molar-refractivity contribution >= 4 is 10.9 Å². The molecule has 0 saturated carbocycles. The lowest BCUT2D eigenvalue weighted by molar-refractivity contribution is 0.461. The molecule has 2 heterocycles. The molecule has 0 radical (unpaired) electrons. The Morgan fingerprint density at radius 3 is 2.88 bits per heavy atom. The molecule has 16 heavy (non-hydrogen) atoms. The van der Waals surface area contributed by atoms with Crippen LogP contribution in [0.3, 0.4) is 0 Å². The van der Waals surface area contributed by atoms with Crippen LogP contribution in [-0.4, -0.2) is 23.3 Å². The van der Waals surface area contributed by atoms with Gasteiger partial charge in [-0.2, -0.15) is 5.10 Å². The van der Waals surface area contributed by atoms with Crippen LogP contribution in [0.1, 0.15) is 29.9 Å². The number of fused-ring (bicyclic) bond motifs is 1. The summed E-state index contributed by atoms with van der Waals surface area (Å²) in [6, 6.07) is 4.33. The molecule has 1 aliphatic rings. The highest BCUT2D eigenvalue weighted by Gasteiger charge is 2.19. The van der Waals surface area contributed by atoms with Crippen molar-refractivity contribution in [3.63, 3.8) is 0 Å². The molecule has 3 heteroatoms. The summed E-state index contributed by atoms with van der Waals surface area (Å²) in [4.78, 5) is 0. The molecular formula is C13H17N3. The van der Waals surface area contributed by atoms with Gasteiger partial charge in [0.25, 0.3) is 0 Å². The highest BCUT2D eigenvalue weighted by atomic mass is 15.1. The molecule has 0 aliphatic carbocycles. The maximum absolute atomic E-state index is 4.16. The summed E-state index contributed by atoms with van der Waals surface area (Å²) in [7, 11) is 0. The van der Waals surface area contributed by atoms with Crippen molar-refractivity contribution in [2.75, 3.05) is 13.1 Å². The molecule has 0 unspecified atom stereocenters. The molecule has 0 bridgehead atoms. The van der Waals surface area contributed by atoms with Crippen LogP contribution in [0.5, 0.6) is 0 Å². The Balaban J connectivity index is 2.12. The third kappa shape index (κ3) is 1.52.